The highest BCUT2D eigenvalue weighted by Gasteiger charge is 2.20. The van der Waals surface area contributed by atoms with Crippen LogP contribution in [0.1, 0.15) is 12.8 Å². The zero-order chi connectivity index (χ0) is 7.52. The fourth-order valence-electron chi connectivity index (χ4n) is 1.38. The average molecular weight is 151 g/mol. The smallest absolute Gasteiger partial charge is 0.162 e. The Morgan fingerprint density at radius 3 is 3.09 bits per heavy atom. The Kier molecular flexibility index (Phi) is 1.95. The summed E-state index contributed by atoms with van der Waals surface area (Å²) in [6, 6.07) is 0. The van der Waals surface area contributed by atoms with Crippen LogP contribution in [0.15, 0.2) is 24.0 Å². The highest BCUT2D eigenvalue weighted by Crippen LogP contribution is 2.23. The molecule has 1 saturated heterocycles. The first kappa shape index (κ1) is 6.92. The molecule has 1 unspecified atom stereocenters. The molecule has 0 saturated carbocycles. The van der Waals surface area contributed by atoms with Crippen molar-refractivity contribution < 1.29 is 9.47 Å². The first-order valence-electron chi connectivity index (χ1n) is 3.94. The lowest BCUT2D eigenvalue weighted by molar-refractivity contribution is 0.131. The van der Waals surface area contributed by atoms with E-state index < -0.39 is 0 Å². The van der Waals surface area contributed by atoms with Gasteiger partial charge in [0.15, 0.2) is 6.61 Å². The van der Waals surface area contributed by atoms with Crippen molar-refractivity contribution >= 4 is 0 Å². The van der Waals surface area contributed by atoms with Crippen molar-refractivity contribution in [2.75, 3.05) is 6.61 Å². The second-order valence-electron chi connectivity index (χ2n) is 2.75. The second-order valence-corrected chi connectivity index (χ2v) is 2.75. The minimum Gasteiger partial charge on any atom is -0.489 e. The monoisotopic (exact) mass is 151 g/mol. The van der Waals surface area contributed by atoms with Crippen LogP contribution in [-0.4, -0.2) is 12.7 Å². The molecule has 2 aliphatic heterocycles. The first-order valence-corrected chi connectivity index (χ1v) is 3.94. The molecule has 2 heterocycles. The molecule has 2 rings (SSSR count). The third kappa shape index (κ3) is 1.46. The second kappa shape index (κ2) is 3.09. The maximum atomic E-state index is 5.48. The van der Waals surface area contributed by atoms with E-state index >= 15 is 0 Å². The molecule has 0 spiro atoms. The Hall–Kier alpha value is -0.760. The van der Waals surface area contributed by atoms with Gasteiger partial charge in [-0.2, -0.15) is 0 Å². The summed E-state index contributed by atoms with van der Waals surface area (Å²) in [6.45, 7) is 2.65. The van der Waals surface area contributed by atoms with Crippen LogP contribution < -0.4 is 0 Å². The van der Waals surface area contributed by atoms with E-state index in [9.17, 15) is 0 Å². The minimum absolute atomic E-state index is 0.278. The summed E-state index contributed by atoms with van der Waals surface area (Å²) in [6.07, 6.45) is 8.17. The lowest BCUT2D eigenvalue weighted by Gasteiger charge is -2.14. The molecule has 0 aromatic carbocycles. The minimum atomic E-state index is 0.278. The molecule has 11 heavy (non-hydrogen) atoms. The lowest BCUT2D eigenvalue weighted by Crippen LogP contribution is -2.10. The summed E-state index contributed by atoms with van der Waals surface area (Å²) in [5.74, 6) is 0. The van der Waals surface area contributed by atoms with Crippen LogP contribution in [0.25, 0.3) is 0 Å². The van der Waals surface area contributed by atoms with Gasteiger partial charge in [0.2, 0.25) is 0 Å². The fraction of sp³-hybridized carbons (Fsp3) is 0.444. The number of hydrogen-bond donors (Lipinski definition) is 0. The maximum Gasteiger partial charge on any atom is 0.162 e. The van der Waals surface area contributed by atoms with Gasteiger partial charge in [0.1, 0.15) is 0 Å². The van der Waals surface area contributed by atoms with Crippen molar-refractivity contribution in [2.24, 2.45) is 0 Å². The Balaban J connectivity index is 2.02. The summed E-state index contributed by atoms with van der Waals surface area (Å²) in [7, 11) is 0. The number of ether oxygens (including phenoxy) is 2. The normalized spacial score (nSPS) is 29.8. The molecule has 59 valence electrons. The summed E-state index contributed by atoms with van der Waals surface area (Å²) in [5, 5.41) is 0. The van der Waals surface area contributed by atoms with E-state index in [2.05, 4.69) is 0 Å². The molecule has 1 radical (unpaired) electrons. The SMILES string of the molecule is [CH]1OC=CC=C1C1CCCO1. The number of rotatable bonds is 1. The van der Waals surface area contributed by atoms with E-state index in [1.165, 1.54) is 6.42 Å². The van der Waals surface area contributed by atoms with Gasteiger partial charge in [-0.25, -0.2) is 0 Å². The fourth-order valence-corrected chi connectivity index (χ4v) is 1.38. The van der Waals surface area contributed by atoms with Gasteiger partial charge in [-0.3, -0.25) is 0 Å². The summed E-state index contributed by atoms with van der Waals surface area (Å²) >= 11 is 0. The standard InChI is InChI=1S/C9H11O2/c1-3-8(7-10-5-1)9-4-2-6-11-9/h1,3,5,7,9H,2,4,6H2. The van der Waals surface area contributed by atoms with E-state index in [-0.39, 0.29) is 6.10 Å². The summed E-state index contributed by atoms with van der Waals surface area (Å²) in [4.78, 5) is 0. The van der Waals surface area contributed by atoms with Gasteiger partial charge in [-0.05, 0) is 18.9 Å². The molecule has 2 aliphatic rings. The molecule has 0 N–H and O–H groups in total. The van der Waals surface area contributed by atoms with Gasteiger partial charge in [0.05, 0.1) is 12.4 Å². The number of allylic oxidation sites excluding steroid dienone is 2. The molecular weight excluding hydrogens is 140 g/mol. The maximum absolute atomic E-state index is 5.48. The van der Waals surface area contributed by atoms with E-state index in [0.29, 0.717) is 0 Å². The van der Waals surface area contributed by atoms with Gasteiger partial charge in [-0.1, -0.05) is 6.08 Å². The predicted octanol–water partition coefficient (Wildman–Crippen LogP) is 1.80. The third-order valence-corrected chi connectivity index (χ3v) is 1.95. The van der Waals surface area contributed by atoms with Crippen LogP contribution in [0.5, 0.6) is 0 Å². The highest BCUT2D eigenvalue weighted by molar-refractivity contribution is 5.24. The summed E-state index contributed by atoms with van der Waals surface area (Å²) < 4.78 is 10.5. The topological polar surface area (TPSA) is 18.5 Å². The van der Waals surface area contributed by atoms with Crippen molar-refractivity contribution in [1.82, 2.24) is 0 Å². The Bertz CT molecular complexity index is 188. The van der Waals surface area contributed by atoms with E-state index in [0.717, 1.165) is 18.6 Å². The van der Waals surface area contributed by atoms with E-state index in [4.69, 9.17) is 9.47 Å². The van der Waals surface area contributed by atoms with Gasteiger partial charge in [0, 0.05) is 12.2 Å². The molecule has 0 aromatic heterocycles. The van der Waals surface area contributed by atoms with E-state index in [1.807, 2.05) is 12.2 Å². The molecule has 2 heteroatoms. The first-order chi connectivity index (χ1) is 5.47. The van der Waals surface area contributed by atoms with Crippen LogP contribution in [0.3, 0.4) is 0 Å². The molecule has 2 nitrogen and oxygen atoms in total. The van der Waals surface area contributed by atoms with Crippen molar-refractivity contribution in [3.8, 4) is 0 Å². The van der Waals surface area contributed by atoms with Gasteiger partial charge in [-0.15, -0.1) is 0 Å². The molecular formula is C9H11O2. The predicted molar refractivity (Wildman–Crippen MR) is 41.6 cm³/mol. The Morgan fingerprint density at radius 2 is 2.45 bits per heavy atom. The molecule has 0 amide bonds. The van der Waals surface area contributed by atoms with Crippen molar-refractivity contribution in [3.63, 3.8) is 0 Å². The zero-order valence-electron chi connectivity index (χ0n) is 6.32. The largest absolute Gasteiger partial charge is 0.489 e. The third-order valence-electron chi connectivity index (χ3n) is 1.95. The van der Waals surface area contributed by atoms with Gasteiger partial charge in [0.25, 0.3) is 0 Å². The van der Waals surface area contributed by atoms with Crippen molar-refractivity contribution in [3.05, 3.63) is 30.6 Å². The van der Waals surface area contributed by atoms with Crippen molar-refractivity contribution in [1.29, 1.82) is 0 Å². The summed E-state index contributed by atoms with van der Waals surface area (Å²) in [5.41, 5.74) is 1.16. The van der Waals surface area contributed by atoms with Gasteiger partial charge >= 0.3 is 0 Å². The molecule has 1 atom stereocenters. The Morgan fingerprint density at radius 1 is 1.45 bits per heavy atom. The quantitative estimate of drug-likeness (QED) is 0.569. The molecule has 0 aromatic rings. The molecule has 0 bridgehead atoms. The molecule has 0 aliphatic carbocycles. The van der Waals surface area contributed by atoms with E-state index in [1.54, 1.807) is 12.9 Å². The Labute approximate surface area is 66.5 Å². The zero-order valence-corrected chi connectivity index (χ0v) is 6.32. The number of hydrogen-bond acceptors (Lipinski definition) is 2. The van der Waals surface area contributed by atoms with Crippen molar-refractivity contribution in [2.45, 2.75) is 18.9 Å². The highest BCUT2D eigenvalue weighted by atomic mass is 16.5. The van der Waals surface area contributed by atoms with Crippen LogP contribution >= 0.6 is 0 Å². The van der Waals surface area contributed by atoms with Crippen LogP contribution in [0, 0.1) is 6.61 Å². The van der Waals surface area contributed by atoms with Crippen LogP contribution in [-0.2, 0) is 9.47 Å². The average Bonchev–Trinajstić information content (AvgIpc) is 2.58. The lowest BCUT2D eigenvalue weighted by atomic mass is 10.1. The van der Waals surface area contributed by atoms with Crippen LogP contribution in [0.4, 0.5) is 0 Å². The van der Waals surface area contributed by atoms with Crippen LogP contribution in [0.2, 0.25) is 0 Å². The molecule has 1 fully saturated rings. The van der Waals surface area contributed by atoms with Gasteiger partial charge < -0.3 is 9.47 Å².